The fraction of sp³-hybridized carbons (Fsp3) is 0.909. The highest BCUT2D eigenvalue weighted by atomic mass is 16.5. The molecule has 1 rings (SSSR count). The van der Waals surface area contributed by atoms with Crippen LogP contribution in [0.3, 0.4) is 0 Å². The molecule has 88 valence electrons. The number of hydrogen-bond acceptors (Lipinski definition) is 3. The summed E-state index contributed by atoms with van der Waals surface area (Å²) in [5, 5.41) is 0. The van der Waals surface area contributed by atoms with Crippen LogP contribution in [-0.2, 0) is 9.53 Å². The molecule has 0 bridgehead atoms. The quantitative estimate of drug-likeness (QED) is 0.746. The predicted octanol–water partition coefficient (Wildman–Crippen LogP) is 0.607. The van der Waals surface area contributed by atoms with E-state index in [-0.39, 0.29) is 23.9 Å². The van der Waals surface area contributed by atoms with Crippen molar-refractivity contribution in [1.29, 1.82) is 0 Å². The highest BCUT2D eigenvalue weighted by Gasteiger charge is 2.32. The van der Waals surface area contributed by atoms with E-state index in [2.05, 4.69) is 0 Å². The summed E-state index contributed by atoms with van der Waals surface area (Å²) in [4.78, 5) is 13.9. The second-order valence-electron chi connectivity index (χ2n) is 4.55. The van der Waals surface area contributed by atoms with Crippen LogP contribution in [0.2, 0.25) is 0 Å². The molecule has 1 heterocycles. The van der Waals surface area contributed by atoms with Crippen molar-refractivity contribution in [2.45, 2.75) is 38.8 Å². The van der Waals surface area contributed by atoms with Gasteiger partial charge in [0.05, 0.1) is 18.7 Å². The van der Waals surface area contributed by atoms with Gasteiger partial charge >= 0.3 is 0 Å². The number of amides is 1. The molecule has 1 fully saturated rings. The Bertz CT molecular complexity index is 219. The summed E-state index contributed by atoms with van der Waals surface area (Å²) in [7, 11) is 1.67. The van der Waals surface area contributed by atoms with Crippen LogP contribution in [0.5, 0.6) is 0 Å². The van der Waals surface area contributed by atoms with E-state index in [1.54, 1.807) is 7.11 Å². The van der Waals surface area contributed by atoms with Gasteiger partial charge in [-0.1, -0.05) is 13.8 Å². The van der Waals surface area contributed by atoms with E-state index in [1.165, 1.54) is 0 Å². The Kier molecular flexibility index (Phi) is 4.54. The standard InChI is InChI=1S/C11H22N2O2/c1-8(2)10(12)11(14)13-6-4-5-9(13)7-15-3/h8-10H,4-7,12H2,1-3H3/t9-,10+/m1/s1. The van der Waals surface area contributed by atoms with Gasteiger partial charge in [-0.3, -0.25) is 4.79 Å². The SMILES string of the molecule is COC[C@H]1CCCN1C(=O)[C@@H](N)C(C)C. The minimum Gasteiger partial charge on any atom is -0.383 e. The average molecular weight is 214 g/mol. The first kappa shape index (κ1) is 12.5. The molecular weight excluding hydrogens is 192 g/mol. The lowest BCUT2D eigenvalue weighted by Gasteiger charge is -2.28. The molecule has 2 N–H and O–H groups in total. The summed E-state index contributed by atoms with van der Waals surface area (Å²) < 4.78 is 5.11. The molecule has 1 saturated heterocycles. The Hall–Kier alpha value is -0.610. The third kappa shape index (κ3) is 2.92. The van der Waals surface area contributed by atoms with Gasteiger partial charge in [-0.25, -0.2) is 0 Å². The number of ether oxygens (including phenoxy) is 1. The number of hydrogen-bond donors (Lipinski definition) is 1. The summed E-state index contributed by atoms with van der Waals surface area (Å²) in [6, 6.07) is -0.144. The molecule has 4 heteroatoms. The molecule has 0 aliphatic carbocycles. The number of nitrogens with zero attached hydrogens (tertiary/aromatic N) is 1. The summed E-state index contributed by atoms with van der Waals surface area (Å²) in [5.74, 6) is 0.269. The molecule has 0 spiro atoms. The third-order valence-corrected chi connectivity index (χ3v) is 3.02. The van der Waals surface area contributed by atoms with Crippen molar-refractivity contribution in [2.24, 2.45) is 11.7 Å². The Morgan fingerprint density at radius 3 is 2.80 bits per heavy atom. The van der Waals surface area contributed by atoms with Crippen LogP contribution >= 0.6 is 0 Å². The molecule has 0 radical (unpaired) electrons. The van der Waals surface area contributed by atoms with Crippen LogP contribution in [-0.4, -0.2) is 43.2 Å². The van der Waals surface area contributed by atoms with Gasteiger partial charge in [0.25, 0.3) is 0 Å². The fourth-order valence-electron chi connectivity index (χ4n) is 1.97. The summed E-state index contributed by atoms with van der Waals surface area (Å²) in [5.41, 5.74) is 5.87. The van der Waals surface area contributed by atoms with E-state index >= 15 is 0 Å². The van der Waals surface area contributed by atoms with Gasteiger partial charge in [-0.2, -0.15) is 0 Å². The van der Waals surface area contributed by atoms with Gasteiger partial charge in [0, 0.05) is 13.7 Å². The van der Waals surface area contributed by atoms with E-state index in [9.17, 15) is 4.79 Å². The van der Waals surface area contributed by atoms with Gasteiger partial charge in [-0.05, 0) is 18.8 Å². The fourth-order valence-corrected chi connectivity index (χ4v) is 1.97. The molecule has 1 amide bonds. The molecule has 2 atom stereocenters. The van der Waals surface area contributed by atoms with Gasteiger partial charge < -0.3 is 15.4 Å². The maximum absolute atomic E-state index is 12.0. The van der Waals surface area contributed by atoms with Crippen molar-refractivity contribution in [3.05, 3.63) is 0 Å². The van der Waals surface area contributed by atoms with Crippen LogP contribution in [0.15, 0.2) is 0 Å². The van der Waals surface area contributed by atoms with Gasteiger partial charge in [-0.15, -0.1) is 0 Å². The van der Waals surface area contributed by atoms with Crippen molar-refractivity contribution in [1.82, 2.24) is 4.90 Å². The Labute approximate surface area is 91.8 Å². The molecular formula is C11H22N2O2. The van der Waals surface area contributed by atoms with E-state index in [0.717, 1.165) is 19.4 Å². The van der Waals surface area contributed by atoms with Crippen LogP contribution in [0.1, 0.15) is 26.7 Å². The maximum Gasteiger partial charge on any atom is 0.240 e. The molecule has 15 heavy (non-hydrogen) atoms. The molecule has 0 aromatic rings. The zero-order valence-electron chi connectivity index (χ0n) is 9.90. The first-order valence-corrected chi connectivity index (χ1v) is 5.63. The average Bonchev–Trinajstić information content (AvgIpc) is 2.64. The highest BCUT2D eigenvalue weighted by molar-refractivity contribution is 5.82. The molecule has 0 unspecified atom stereocenters. The molecule has 0 saturated carbocycles. The highest BCUT2D eigenvalue weighted by Crippen LogP contribution is 2.19. The Balaban J connectivity index is 2.58. The molecule has 0 aromatic heterocycles. The summed E-state index contributed by atoms with van der Waals surface area (Å²) >= 11 is 0. The lowest BCUT2D eigenvalue weighted by Crippen LogP contribution is -2.49. The van der Waals surface area contributed by atoms with Crippen LogP contribution in [0.25, 0.3) is 0 Å². The smallest absolute Gasteiger partial charge is 0.240 e. The number of methoxy groups -OCH3 is 1. The van der Waals surface area contributed by atoms with E-state index in [4.69, 9.17) is 10.5 Å². The molecule has 0 aromatic carbocycles. The first-order valence-electron chi connectivity index (χ1n) is 5.63. The Morgan fingerprint density at radius 2 is 2.27 bits per heavy atom. The number of nitrogens with two attached hydrogens (primary N) is 1. The number of carbonyl (C=O) groups is 1. The van der Waals surface area contributed by atoms with E-state index in [0.29, 0.717) is 6.61 Å². The monoisotopic (exact) mass is 214 g/mol. The van der Waals surface area contributed by atoms with E-state index < -0.39 is 0 Å². The predicted molar refractivity (Wildman–Crippen MR) is 59.4 cm³/mol. The molecule has 1 aliphatic rings. The topological polar surface area (TPSA) is 55.6 Å². The van der Waals surface area contributed by atoms with Crippen molar-refractivity contribution < 1.29 is 9.53 Å². The zero-order valence-corrected chi connectivity index (χ0v) is 9.90. The minimum absolute atomic E-state index is 0.0737. The summed E-state index contributed by atoms with van der Waals surface area (Å²) in [6.07, 6.45) is 2.09. The summed E-state index contributed by atoms with van der Waals surface area (Å²) in [6.45, 7) is 5.40. The van der Waals surface area contributed by atoms with Gasteiger partial charge in [0.15, 0.2) is 0 Å². The van der Waals surface area contributed by atoms with Crippen molar-refractivity contribution >= 4 is 5.91 Å². The van der Waals surface area contributed by atoms with Gasteiger partial charge in [0.1, 0.15) is 0 Å². The number of rotatable bonds is 4. The molecule has 1 aliphatic heterocycles. The van der Waals surface area contributed by atoms with Crippen molar-refractivity contribution in [3.8, 4) is 0 Å². The second kappa shape index (κ2) is 5.47. The van der Waals surface area contributed by atoms with Crippen molar-refractivity contribution in [2.75, 3.05) is 20.3 Å². The lowest BCUT2D eigenvalue weighted by atomic mass is 10.0. The number of carbonyl (C=O) groups excluding carboxylic acids is 1. The van der Waals surface area contributed by atoms with Crippen LogP contribution < -0.4 is 5.73 Å². The van der Waals surface area contributed by atoms with Crippen LogP contribution in [0, 0.1) is 5.92 Å². The minimum atomic E-state index is -0.373. The largest absolute Gasteiger partial charge is 0.383 e. The normalized spacial score (nSPS) is 23.5. The number of likely N-dealkylation sites (tertiary alicyclic amines) is 1. The van der Waals surface area contributed by atoms with Gasteiger partial charge in [0.2, 0.25) is 5.91 Å². The third-order valence-electron chi connectivity index (χ3n) is 3.02. The molecule has 4 nitrogen and oxygen atoms in total. The Morgan fingerprint density at radius 1 is 1.60 bits per heavy atom. The van der Waals surface area contributed by atoms with Crippen molar-refractivity contribution in [3.63, 3.8) is 0 Å². The zero-order chi connectivity index (χ0) is 11.4. The maximum atomic E-state index is 12.0. The van der Waals surface area contributed by atoms with Crippen LogP contribution in [0.4, 0.5) is 0 Å². The second-order valence-corrected chi connectivity index (χ2v) is 4.55. The van der Waals surface area contributed by atoms with E-state index in [1.807, 2.05) is 18.7 Å². The lowest BCUT2D eigenvalue weighted by molar-refractivity contribution is -0.135. The first-order chi connectivity index (χ1) is 7.07.